The number of ketones is 1. The smallest absolute Gasteiger partial charge is 0.270 e. The number of nitrogens with one attached hydrogen (secondary N) is 1. The van der Waals surface area contributed by atoms with Gasteiger partial charge in [0, 0.05) is 43.7 Å². The van der Waals surface area contributed by atoms with Gasteiger partial charge >= 0.3 is 0 Å². The molecule has 2 aromatic rings. The van der Waals surface area contributed by atoms with E-state index in [9.17, 15) is 9.59 Å². The van der Waals surface area contributed by atoms with Gasteiger partial charge < -0.3 is 14.5 Å². The molecule has 4 rings (SSSR count). The number of Topliss-reactive ketones (excluding diaryl/α,β-unsaturated/α-hetero) is 1. The first-order valence-corrected chi connectivity index (χ1v) is 9.54. The number of fused-ring (bicyclic) bond motifs is 1. The van der Waals surface area contributed by atoms with Crippen molar-refractivity contribution >= 4 is 11.7 Å². The number of hydrogen-bond acceptors (Lipinski definition) is 4. The summed E-state index contributed by atoms with van der Waals surface area (Å²) in [6.07, 6.45) is 8.18. The van der Waals surface area contributed by atoms with Crippen molar-refractivity contribution in [3.63, 3.8) is 0 Å². The lowest BCUT2D eigenvalue weighted by Crippen LogP contribution is -2.40. The summed E-state index contributed by atoms with van der Waals surface area (Å²) in [4.78, 5) is 29.1. The van der Waals surface area contributed by atoms with Gasteiger partial charge in [0.2, 0.25) is 0 Å². The van der Waals surface area contributed by atoms with E-state index in [1.165, 1.54) is 26.2 Å². The van der Waals surface area contributed by atoms with Gasteiger partial charge in [0.05, 0.1) is 0 Å². The van der Waals surface area contributed by atoms with E-state index in [2.05, 4.69) is 19.7 Å². The molecular formula is C19H25N5O2. The lowest BCUT2D eigenvalue weighted by Gasteiger charge is -2.32. The number of H-pyrrole nitrogens is 1. The summed E-state index contributed by atoms with van der Waals surface area (Å²) in [6, 6.07) is 1.65. The van der Waals surface area contributed by atoms with Gasteiger partial charge in [-0.05, 0) is 38.7 Å². The van der Waals surface area contributed by atoms with Crippen LogP contribution in [0.15, 0.2) is 12.3 Å². The molecule has 1 saturated heterocycles. The minimum Gasteiger partial charge on any atom is -0.356 e. The fraction of sp³-hybridized carbons (Fsp3) is 0.579. The van der Waals surface area contributed by atoms with E-state index in [1.807, 2.05) is 4.90 Å². The van der Waals surface area contributed by atoms with Crippen LogP contribution in [0.1, 0.15) is 77.4 Å². The van der Waals surface area contributed by atoms with E-state index in [-0.39, 0.29) is 17.6 Å². The molecule has 0 aromatic carbocycles. The van der Waals surface area contributed by atoms with E-state index in [0.717, 1.165) is 44.0 Å². The number of aryl methyl sites for hydroxylation is 1. The molecule has 0 radical (unpaired) electrons. The van der Waals surface area contributed by atoms with Crippen LogP contribution >= 0.6 is 0 Å². The number of amides is 1. The molecular weight excluding hydrogens is 330 g/mol. The van der Waals surface area contributed by atoms with Crippen molar-refractivity contribution in [1.29, 1.82) is 0 Å². The van der Waals surface area contributed by atoms with Crippen LogP contribution in [0.2, 0.25) is 0 Å². The summed E-state index contributed by atoms with van der Waals surface area (Å²) in [7, 11) is 0. The molecule has 1 atom stereocenters. The number of piperidine rings is 1. The van der Waals surface area contributed by atoms with Crippen molar-refractivity contribution in [3.8, 4) is 0 Å². The highest BCUT2D eigenvalue weighted by Gasteiger charge is 2.30. The van der Waals surface area contributed by atoms with E-state index in [0.29, 0.717) is 17.8 Å². The number of carbonyl (C=O) groups excluding carboxylic acids is 2. The summed E-state index contributed by atoms with van der Waals surface area (Å²) in [5.74, 6) is 2.28. The van der Waals surface area contributed by atoms with Gasteiger partial charge in [-0.2, -0.15) is 0 Å². The minimum atomic E-state index is -0.0437. The predicted molar refractivity (Wildman–Crippen MR) is 96.3 cm³/mol. The van der Waals surface area contributed by atoms with Gasteiger partial charge in [-0.3, -0.25) is 9.59 Å². The average Bonchev–Trinajstić information content (AvgIpc) is 3.24. The van der Waals surface area contributed by atoms with Crippen LogP contribution in [-0.2, 0) is 13.0 Å². The van der Waals surface area contributed by atoms with Gasteiger partial charge in [-0.25, -0.2) is 0 Å². The van der Waals surface area contributed by atoms with Gasteiger partial charge in [-0.15, -0.1) is 10.2 Å². The average molecular weight is 355 g/mol. The van der Waals surface area contributed by atoms with Crippen molar-refractivity contribution in [2.45, 2.75) is 57.9 Å². The number of aromatic amines is 1. The molecule has 1 unspecified atom stereocenters. The molecule has 1 amide bonds. The molecule has 1 fully saturated rings. The molecule has 0 saturated carbocycles. The maximum absolute atomic E-state index is 12.8. The maximum Gasteiger partial charge on any atom is 0.270 e. The molecule has 2 aromatic heterocycles. The lowest BCUT2D eigenvalue weighted by molar-refractivity contribution is 0.0698. The van der Waals surface area contributed by atoms with Crippen molar-refractivity contribution in [1.82, 2.24) is 24.6 Å². The van der Waals surface area contributed by atoms with Crippen LogP contribution in [0.3, 0.4) is 0 Å². The molecule has 2 aliphatic heterocycles. The Hall–Kier alpha value is -2.44. The standard InChI is InChI=1S/C19H25N5O2/c1-13(25)15-10-16(20-11-15)19(26)23-8-5-6-14(12-23)18-22-21-17-7-3-2-4-9-24(17)18/h10-11,14,20H,2-9,12H2,1H3. The Morgan fingerprint density at radius 1 is 1.15 bits per heavy atom. The topological polar surface area (TPSA) is 83.9 Å². The number of nitrogens with zero attached hydrogens (tertiary/aromatic N) is 4. The third-order valence-electron chi connectivity index (χ3n) is 5.53. The predicted octanol–water partition coefficient (Wildman–Crippen LogP) is 2.56. The first kappa shape index (κ1) is 17.0. The highest BCUT2D eigenvalue weighted by molar-refractivity contribution is 5.99. The number of aromatic nitrogens is 4. The lowest BCUT2D eigenvalue weighted by atomic mass is 9.96. The second-order valence-corrected chi connectivity index (χ2v) is 7.39. The van der Waals surface area contributed by atoms with Gasteiger partial charge in [0.15, 0.2) is 5.78 Å². The van der Waals surface area contributed by atoms with Crippen LogP contribution < -0.4 is 0 Å². The molecule has 138 valence electrons. The first-order chi connectivity index (χ1) is 12.6. The third kappa shape index (κ3) is 3.18. The molecule has 4 heterocycles. The van der Waals surface area contributed by atoms with E-state index in [4.69, 9.17) is 0 Å². The first-order valence-electron chi connectivity index (χ1n) is 9.54. The number of hydrogen-bond donors (Lipinski definition) is 1. The Balaban J connectivity index is 1.51. The molecule has 0 spiro atoms. The van der Waals surface area contributed by atoms with Crippen molar-refractivity contribution in [3.05, 3.63) is 35.2 Å². The van der Waals surface area contributed by atoms with Crippen LogP contribution in [0.4, 0.5) is 0 Å². The van der Waals surface area contributed by atoms with Crippen molar-refractivity contribution < 1.29 is 9.59 Å². The normalized spacial score (nSPS) is 20.5. The van der Waals surface area contributed by atoms with Crippen molar-refractivity contribution in [2.24, 2.45) is 0 Å². The monoisotopic (exact) mass is 355 g/mol. The van der Waals surface area contributed by atoms with Crippen LogP contribution in [0, 0.1) is 0 Å². The SMILES string of the molecule is CC(=O)c1c[nH]c(C(=O)N2CCCC(c3nnc4n3CCCCC4)C2)c1. The highest BCUT2D eigenvalue weighted by Crippen LogP contribution is 2.28. The highest BCUT2D eigenvalue weighted by atomic mass is 16.2. The molecule has 2 aliphatic rings. The van der Waals surface area contributed by atoms with Gasteiger partial charge in [-0.1, -0.05) is 6.42 Å². The van der Waals surface area contributed by atoms with Gasteiger partial charge in [0.1, 0.15) is 17.3 Å². The number of rotatable bonds is 3. The summed E-state index contributed by atoms with van der Waals surface area (Å²) in [5, 5.41) is 8.89. The molecule has 0 aliphatic carbocycles. The zero-order valence-electron chi connectivity index (χ0n) is 15.2. The molecule has 7 heteroatoms. The van der Waals surface area contributed by atoms with Crippen LogP contribution in [0.25, 0.3) is 0 Å². The number of likely N-dealkylation sites (tertiary alicyclic amines) is 1. The Bertz CT molecular complexity index is 822. The molecule has 7 nitrogen and oxygen atoms in total. The Morgan fingerprint density at radius 3 is 2.85 bits per heavy atom. The summed E-state index contributed by atoms with van der Waals surface area (Å²) in [6.45, 7) is 3.89. The maximum atomic E-state index is 12.8. The Labute approximate surface area is 152 Å². The molecule has 26 heavy (non-hydrogen) atoms. The minimum absolute atomic E-state index is 0.0389. The van der Waals surface area contributed by atoms with E-state index in [1.54, 1.807) is 12.3 Å². The fourth-order valence-corrected chi connectivity index (χ4v) is 4.07. The second-order valence-electron chi connectivity index (χ2n) is 7.39. The zero-order valence-corrected chi connectivity index (χ0v) is 15.2. The Morgan fingerprint density at radius 2 is 2.04 bits per heavy atom. The second kappa shape index (κ2) is 7.05. The Kier molecular flexibility index (Phi) is 4.61. The zero-order chi connectivity index (χ0) is 18.1. The van der Waals surface area contributed by atoms with Crippen LogP contribution in [0.5, 0.6) is 0 Å². The quantitative estimate of drug-likeness (QED) is 0.858. The summed E-state index contributed by atoms with van der Waals surface area (Å²) in [5.41, 5.74) is 1.03. The van der Waals surface area contributed by atoms with E-state index < -0.39 is 0 Å². The summed E-state index contributed by atoms with van der Waals surface area (Å²) >= 11 is 0. The number of carbonyl (C=O) groups is 2. The summed E-state index contributed by atoms with van der Waals surface area (Å²) < 4.78 is 2.29. The largest absolute Gasteiger partial charge is 0.356 e. The van der Waals surface area contributed by atoms with Gasteiger partial charge in [0.25, 0.3) is 5.91 Å². The van der Waals surface area contributed by atoms with E-state index >= 15 is 0 Å². The van der Waals surface area contributed by atoms with Crippen LogP contribution in [-0.4, -0.2) is 49.4 Å². The fourth-order valence-electron chi connectivity index (χ4n) is 4.07. The van der Waals surface area contributed by atoms with Crippen molar-refractivity contribution in [2.75, 3.05) is 13.1 Å². The molecule has 1 N–H and O–H groups in total. The third-order valence-corrected chi connectivity index (χ3v) is 5.53. The molecule has 0 bridgehead atoms.